The number of hydrogen-bond acceptors (Lipinski definition) is 2. The molecule has 3 nitrogen and oxygen atoms in total. The zero-order chi connectivity index (χ0) is 14.7. The van der Waals surface area contributed by atoms with E-state index in [-0.39, 0.29) is 21.8 Å². The molecule has 0 aliphatic rings. The third kappa shape index (κ3) is 3.32. The van der Waals surface area contributed by atoms with E-state index in [1.807, 2.05) is 0 Å². The van der Waals surface area contributed by atoms with Crippen molar-refractivity contribution < 1.29 is 18.5 Å². The summed E-state index contributed by atoms with van der Waals surface area (Å²) in [5, 5.41) is 9.06. The molecule has 0 spiro atoms. The maximum Gasteiger partial charge on any atom is 0.336 e. The Balaban J connectivity index is 2.31. The monoisotopic (exact) mass is 356 g/mol. The molecule has 0 heterocycles. The predicted octanol–water partition coefficient (Wildman–Crippen LogP) is 3.59. The summed E-state index contributed by atoms with van der Waals surface area (Å²) < 4.78 is 26.5. The first-order chi connectivity index (χ1) is 9.49. The molecule has 0 fully saturated rings. The summed E-state index contributed by atoms with van der Waals surface area (Å²) in [6, 6.07) is 10.5. The van der Waals surface area contributed by atoms with Gasteiger partial charge in [0.15, 0.2) is 0 Å². The van der Waals surface area contributed by atoms with Crippen molar-refractivity contribution in [2.75, 3.05) is 0 Å². The average molecular weight is 357 g/mol. The summed E-state index contributed by atoms with van der Waals surface area (Å²) in [5.41, 5.74) is 0.259. The van der Waals surface area contributed by atoms with Crippen LogP contribution < -0.4 is 0 Å². The Bertz CT molecular complexity index is 688. The predicted molar refractivity (Wildman–Crippen MR) is 77.6 cm³/mol. The van der Waals surface area contributed by atoms with Gasteiger partial charge in [-0.05, 0) is 24.3 Å². The number of aromatic carboxylic acids is 1. The zero-order valence-electron chi connectivity index (χ0n) is 10.2. The Morgan fingerprint density at radius 1 is 1.25 bits per heavy atom. The van der Waals surface area contributed by atoms with Crippen molar-refractivity contribution in [3.05, 3.63) is 63.9 Å². The topological polar surface area (TPSA) is 54.4 Å². The molecule has 2 aromatic rings. The fourth-order valence-electron chi connectivity index (χ4n) is 1.70. The van der Waals surface area contributed by atoms with Gasteiger partial charge in [-0.2, -0.15) is 0 Å². The van der Waals surface area contributed by atoms with Gasteiger partial charge in [-0.15, -0.1) is 0 Å². The van der Waals surface area contributed by atoms with Gasteiger partial charge in [0.05, 0.1) is 27.0 Å². The first kappa shape index (κ1) is 14.9. The Morgan fingerprint density at radius 3 is 2.60 bits per heavy atom. The van der Waals surface area contributed by atoms with Crippen molar-refractivity contribution in [1.29, 1.82) is 0 Å². The molecule has 0 aromatic heterocycles. The Morgan fingerprint density at radius 2 is 1.95 bits per heavy atom. The van der Waals surface area contributed by atoms with E-state index in [2.05, 4.69) is 15.9 Å². The minimum absolute atomic E-state index is 0.0247. The highest BCUT2D eigenvalue weighted by Crippen LogP contribution is 2.21. The lowest BCUT2D eigenvalue weighted by Crippen LogP contribution is -2.06. The van der Waals surface area contributed by atoms with Gasteiger partial charge in [0.2, 0.25) is 0 Å². The average Bonchev–Trinajstić information content (AvgIpc) is 2.41. The van der Waals surface area contributed by atoms with Crippen molar-refractivity contribution in [3.8, 4) is 0 Å². The van der Waals surface area contributed by atoms with E-state index in [1.54, 1.807) is 18.2 Å². The molecule has 0 saturated carbocycles. The normalized spacial score (nSPS) is 12.1. The van der Waals surface area contributed by atoms with E-state index in [9.17, 15) is 13.4 Å². The zero-order valence-corrected chi connectivity index (χ0v) is 12.6. The number of carboxylic acid groups (broad SMARTS) is 1. The van der Waals surface area contributed by atoms with E-state index in [0.29, 0.717) is 4.47 Å². The SMILES string of the molecule is O=C(O)c1ccccc1S(=O)Cc1ccc(Br)cc1F. The maximum absolute atomic E-state index is 13.7. The Hall–Kier alpha value is -1.53. The van der Waals surface area contributed by atoms with Crippen LogP contribution in [0.5, 0.6) is 0 Å². The summed E-state index contributed by atoms with van der Waals surface area (Å²) in [4.78, 5) is 11.3. The Kier molecular flexibility index (Phi) is 4.67. The second kappa shape index (κ2) is 6.28. The van der Waals surface area contributed by atoms with Crippen molar-refractivity contribution in [1.82, 2.24) is 0 Å². The lowest BCUT2D eigenvalue weighted by Gasteiger charge is -2.07. The van der Waals surface area contributed by atoms with Gasteiger partial charge in [-0.25, -0.2) is 9.18 Å². The quantitative estimate of drug-likeness (QED) is 0.910. The first-order valence-corrected chi connectivity index (χ1v) is 7.75. The molecule has 0 saturated heterocycles. The van der Waals surface area contributed by atoms with Gasteiger partial charge in [-0.1, -0.05) is 34.1 Å². The van der Waals surface area contributed by atoms with E-state index < -0.39 is 22.6 Å². The van der Waals surface area contributed by atoms with Crippen LogP contribution in [-0.4, -0.2) is 15.3 Å². The summed E-state index contributed by atoms with van der Waals surface area (Å²) in [6.45, 7) is 0. The van der Waals surface area contributed by atoms with E-state index in [4.69, 9.17) is 5.11 Å². The smallest absolute Gasteiger partial charge is 0.336 e. The van der Waals surface area contributed by atoms with Gasteiger partial charge < -0.3 is 5.11 Å². The van der Waals surface area contributed by atoms with Crippen LogP contribution in [0.15, 0.2) is 51.8 Å². The molecule has 1 atom stereocenters. The maximum atomic E-state index is 13.7. The van der Waals surface area contributed by atoms with Crippen LogP contribution in [0.3, 0.4) is 0 Å². The minimum atomic E-state index is -1.62. The number of rotatable bonds is 4. The second-order valence-electron chi connectivity index (χ2n) is 4.03. The second-order valence-corrected chi connectivity index (χ2v) is 6.36. The van der Waals surface area contributed by atoms with Crippen LogP contribution in [0.4, 0.5) is 4.39 Å². The highest BCUT2D eigenvalue weighted by atomic mass is 79.9. The van der Waals surface area contributed by atoms with Crippen molar-refractivity contribution in [3.63, 3.8) is 0 Å². The van der Waals surface area contributed by atoms with Crippen molar-refractivity contribution in [2.24, 2.45) is 0 Å². The summed E-state index contributed by atoms with van der Waals surface area (Å²) in [6.07, 6.45) is 0. The minimum Gasteiger partial charge on any atom is -0.478 e. The summed E-state index contributed by atoms with van der Waals surface area (Å²) in [5.74, 6) is -1.69. The van der Waals surface area contributed by atoms with Crippen LogP contribution in [0, 0.1) is 5.82 Å². The molecule has 2 aromatic carbocycles. The van der Waals surface area contributed by atoms with Gasteiger partial charge in [0.1, 0.15) is 5.82 Å². The number of carbonyl (C=O) groups is 1. The molecule has 0 aliphatic carbocycles. The van der Waals surface area contributed by atoms with Gasteiger partial charge in [0.25, 0.3) is 0 Å². The highest BCUT2D eigenvalue weighted by Gasteiger charge is 2.16. The van der Waals surface area contributed by atoms with E-state index >= 15 is 0 Å². The number of hydrogen-bond donors (Lipinski definition) is 1. The molecule has 20 heavy (non-hydrogen) atoms. The molecule has 1 unspecified atom stereocenters. The fraction of sp³-hybridized carbons (Fsp3) is 0.0714. The number of carboxylic acids is 1. The third-order valence-electron chi connectivity index (χ3n) is 2.66. The summed E-state index contributed by atoms with van der Waals surface area (Å²) >= 11 is 3.14. The van der Waals surface area contributed by atoms with Gasteiger partial charge >= 0.3 is 5.97 Å². The van der Waals surface area contributed by atoms with E-state index in [1.165, 1.54) is 24.3 Å². The number of benzene rings is 2. The lowest BCUT2D eigenvalue weighted by molar-refractivity contribution is 0.0693. The van der Waals surface area contributed by atoms with Gasteiger partial charge in [0, 0.05) is 10.0 Å². The molecular weight excluding hydrogens is 347 g/mol. The molecule has 0 aliphatic heterocycles. The molecule has 6 heteroatoms. The molecule has 0 radical (unpaired) electrons. The molecule has 104 valence electrons. The lowest BCUT2D eigenvalue weighted by atomic mass is 10.2. The molecular formula is C14H10BrFO3S. The van der Waals surface area contributed by atoms with Crippen LogP contribution in [0.2, 0.25) is 0 Å². The van der Waals surface area contributed by atoms with Crippen LogP contribution in [-0.2, 0) is 16.6 Å². The standard InChI is InChI=1S/C14H10BrFO3S/c15-10-6-5-9(12(16)7-10)8-20(19)13-4-2-1-3-11(13)14(17)18/h1-7H,8H2,(H,17,18). The first-order valence-electron chi connectivity index (χ1n) is 5.63. The third-order valence-corrected chi connectivity index (χ3v) is 4.58. The van der Waals surface area contributed by atoms with Gasteiger partial charge in [-0.3, -0.25) is 4.21 Å². The number of halogens is 2. The fourth-order valence-corrected chi connectivity index (χ4v) is 3.34. The highest BCUT2D eigenvalue weighted by molar-refractivity contribution is 9.10. The summed E-state index contributed by atoms with van der Waals surface area (Å²) in [7, 11) is -1.62. The van der Waals surface area contributed by atoms with Crippen molar-refractivity contribution in [2.45, 2.75) is 10.6 Å². The van der Waals surface area contributed by atoms with E-state index in [0.717, 1.165) is 0 Å². The molecule has 1 N–H and O–H groups in total. The largest absolute Gasteiger partial charge is 0.478 e. The van der Waals surface area contributed by atoms with Crippen LogP contribution >= 0.6 is 15.9 Å². The molecule has 0 bridgehead atoms. The Labute approximate surface area is 126 Å². The van der Waals surface area contributed by atoms with Crippen LogP contribution in [0.25, 0.3) is 0 Å². The van der Waals surface area contributed by atoms with Crippen molar-refractivity contribution >= 4 is 32.7 Å². The molecule has 0 amide bonds. The molecule has 2 rings (SSSR count). The van der Waals surface area contributed by atoms with Crippen LogP contribution in [0.1, 0.15) is 15.9 Å².